The lowest BCUT2D eigenvalue weighted by Crippen LogP contribution is -2.34. The molecule has 3 aromatic rings. The molecule has 3 aromatic heterocycles. The molecule has 0 saturated heterocycles. The maximum absolute atomic E-state index is 11.1. The van der Waals surface area contributed by atoms with Crippen molar-refractivity contribution in [2.24, 2.45) is 0 Å². The summed E-state index contributed by atoms with van der Waals surface area (Å²) in [5.74, 6) is -0.265. The van der Waals surface area contributed by atoms with Crippen LogP contribution in [0.15, 0.2) is 24.8 Å². The number of hydrogen-bond donors (Lipinski definition) is 1. The van der Waals surface area contributed by atoms with Crippen molar-refractivity contribution in [2.45, 2.75) is 19.6 Å². The first-order valence-electron chi connectivity index (χ1n) is 7.10. The Bertz CT molecular complexity index is 902. The Balaban J connectivity index is 1.82. The van der Waals surface area contributed by atoms with Gasteiger partial charge in [0.05, 0.1) is 24.1 Å². The summed E-state index contributed by atoms with van der Waals surface area (Å²) < 4.78 is 3.72. The third-order valence-electron chi connectivity index (χ3n) is 3.93. The van der Waals surface area contributed by atoms with Crippen LogP contribution in [0.25, 0.3) is 11.0 Å². The van der Waals surface area contributed by atoms with Crippen molar-refractivity contribution < 1.29 is 9.90 Å². The van der Waals surface area contributed by atoms with E-state index in [2.05, 4.69) is 24.4 Å². The van der Waals surface area contributed by atoms with Gasteiger partial charge in [0.25, 0.3) is 0 Å². The molecule has 23 heavy (non-hydrogen) atoms. The molecular weight excluding hydrogens is 320 g/mol. The number of halogens is 1. The van der Waals surface area contributed by atoms with E-state index in [9.17, 15) is 4.79 Å². The fourth-order valence-electron chi connectivity index (χ4n) is 2.92. The molecule has 0 aromatic carbocycles. The summed E-state index contributed by atoms with van der Waals surface area (Å²) in [7, 11) is 0. The summed E-state index contributed by atoms with van der Waals surface area (Å²) in [4.78, 5) is 25.9. The number of carboxylic acid groups (broad SMARTS) is 1. The van der Waals surface area contributed by atoms with Gasteiger partial charge in [-0.3, -0.25) is 4.79 Å². The van der Waals surface area contributed by atoms with Crippen LogP contribution in [0, 0.1) is 0 Å². The Hall–Kier alpha value is -2.61. The molecule has 9 heteroatoms. The Morgan fingerprint density at radius 3 is 3.04 bits per heavy atom. The smallest absolute Gasteiger partial charge is 0.323 e. The van der Waals surface area contributed by atoms with Gasteiger partial charge < -0.3 is 19.1 Å². The van der Waals surface area contributed by atoms with Gasteiger partial charge in [0.1, 0.15) is 12.1 Å². The number of hydrogen-bond acceptors (Lipinski definition) is 5. The quantitative estimate of drug-likeness (QED) is 0.729. The maximum atomic E-state index is 11.1. The van der Waals surface area contributed by atoms with E-state index in [0.29, 0.717) is 23.4 Å². The van der Waals surface area contributed by atoms with Crippen molar-refractivity contribution in [3.8, 4) is 0 Å². The molecule has 4 rings (SSSR count). The summed E-state index contributed by atoms with van der Waals surface area (Å²) in [5, 5.41) is 9.24. The van der Waals surface area contributed by atoms with Crippen molar-refractivity contribution in [3.63, 3.8) is 0 Å². The number of imidazole rings is 1. The Morgan fingerprint density at radius 1 is 1.35 bits per heavy atom. The third kappa shape index (κ3) is 2.40. The zero-order valence-corrected chi connectivity index (χ0v) is 12.8. The second-order valence-corrected chi connectivity index (χ2v) is 5.73. The zero-order valence-electron chi connectivity index (χ0n) is 12.1. The van der Waals surface area contributed by atoms with Gasteiger partial charge >= 0.3 is 5.97 Å². The number of fused-ring (bicyclic) bond motifs is 2. The van der Waals surface area contributed by atoms with E-state index in [1.807, 2.05) is 12.5 Å². The van der Waals surface area contributed by atoms with Gasteiger partial charge in [0.15, 0.2) is 5.82 Å². The molecule has 0 saturated carbocycles. The minimum Gasteiger partial charge on any atom is -0.480 e. The van der Waals surface area contributed by atoms with Crippen LogP contribution in [0.4, 0.5) is 5.82 Å². The second-order valence-electron chi connectivity index (χ2n) is 5.39. The van der Waals surface area contributed by atoms with Gasteiger partial charge in [-0.2, -0.15) is 4.98 Å². The summed E-state index contributed by atoms with van der Waals surface area (Å²) in [6.45, 7) is 2.02. The number of nitrogens with zero attached hydrogens (tertiary/aromatic N) is 6. The van der Waals surface area contributed by atoms with Crippen LogP contribution in [-0.2, 0) is 24.4 Å². The van der Waals surface area contributed by atoms with Gasteiger partial charge in [0, 0.05) is 25.5 Å². The minimum atomic E-state index is -0.917. The van der Waals surface area contributed by atoms with Gasteiger partial charge in [-0.05, 0) is 17.7 Å². The highest BCUT2D eigenvalue weighted by atomic mass is 35.5. The van der Waals surface area contributed by atoms with E-state index in [1.165, 1.54) is 0 Å². The molecule has 0 atom stereocenters. The molecule has 4 heterocycles. The summed E-state index contributed by atoms with van der Waals surface area (Å²) >= 11 is 6.05. The Labute approximate surface area is 136 Å². The fourth-order valence-corrected chi connectivity index (χ4v) is 3.09. The van der Waals surface area contributed by atoms with E-state index < -0.39 is 5.97 Å². The van der Waals surface area contributed by atoms with Crippen LogP contribution in [0.2, 0.25) is 5.28 Å². The van der Waals surface area contributed by atoms with E-state index in [1.54, 1.807) is 16.8 Å². The number of carbonyl (C=O) groups is 1. The molecule has 1 aliphatic rings. The largest absolute Gasteiger partial charge is 0.480 e. The molecule has 0 radical (unpaired) electrons. The molecule has 0 bridgehead atoms. The molecule has 1 aliphatic heterocycles. The highest BCUT2D eigenvalue weighted by molar-refractivity contribution is 6.28. The Morgan fingerprint density at radius 2 is 2.22 bits per heavy atom. The number of rotatable bonds is 3. The Kier molecular flexibility index (Phi) is 3.19. The summed E-state index contributed by atoms with van der Waals surface area (Å²) in [6, 6.07) is 1.75. The number of aliphatic carboxylic acids is 1. The first-order valence-corrected chi connectivity index (χ1v) is 7.48. The SMILES string of the molecule is O=C(O)Cn1ccc2nc(Cl)nc(N3CCn4cncc4C3)c21. The van der Waals surface area contributed by atoms with Gasteiger partial charge in [-0.15, -0.1) is 0 Å². The van der Waals surface area contributed by atoms with E-state index in [-0.39, 0.29) is 11.8 Å². The van der Waals surface area contributed by atoms with E-state index in [4.69, 9.17) is 16.7 Å². The molecule has 8 nitrogen and oxygen atoms in total. The van der Waals surface area contributed by atoms with Gasteiger partial charge in [-0.25, -0.2) is 9.97 Å². The van der Waals surface area contributed by atoms with Gasteiger partial charge in [-0.1, -0.05) is 0 Å². The standard InChI is InChI=1S/C14H13ClN6O2/c15-14-17-10-1-2-19(7-11(22)23)12(10)13(18-14)20-3-4-21-8-16-5-9(21)6-20/h1-2,5,8H,3-4,6-7H2,(H,22,23). The lowest BCUT2D eigenvalue weighted by Gasteiger charge is -2.29. The van der Waals surface area contributed by atoms with Crippen molar-refractivity contribution in [1.82, 2.24) is 24.1 Å². The van der Waals surface area contributed by atoms with Crippen molar-refractivity contribution in [3.05, 3.63) is 35.8 Å². The lowest BCUT2D eigenvalue weighted by atomic mass is 10.3. The number of anilines is 1. The van der Waals surface area contributed by atoms with Crippen LogP contribution >= 0.6 is 11.6 Å². The predicted octanol–water partition coefficient (Wildman–Crippen LogP) is 1.39. The highest BCUT2D eigenvalue weighted by Crippen LogP contribution is 2.29. The van der Waals surface area contributed by atoms with Crippen LogP contribution in [0.1, 0.15) is 5.69 Å². The highest BCUT2D eigenvalue weighted by Gasteiger charge is 2.22. The minimum absolute atomic E-state index is 0.146. The van der Waals surface area contributed by atoms with Crippen LogP contribution in [-0.4, -0.2) is 41.7 Å². The zero-order chi connectivity index (χ0) is 16.0. The molecule has 0 aliphatic carbocycles. The van der Waals surface area contributed by atoms with Crippen LogP contribution in [0.5, 0.6) is 0 Å². The number of carboxylic acids is 1. The lowest BCUT2D eigenvalue weighted by molar-refractivity contribution is -0.137. The summed E-state index contributed by atoms with van der Waals surface area (Å²) in [5.41, 5.74) is 2.40. The molecule has 0 amide bonds. The average Bonchev–Trinajstić information content (AvgIpc) is 3.12. The molecule has 118 valence electrons. The molecule has 0 unspecified atom stereocenters. The predicted molar refractivity (Wildman–Crippen MR) is 83.5 cm³/mol. The average molecular weight is 333 g/mol. The van der Waals surface area contributed by atoms with E-state index in [0.717, 1.165) is 18.8 Å². The van der Waals surface area contributed by atoms with Crippen molar-refractivity contribution >= 4 is 34.4 Å². The molecule has 0 fully saturated rings. The van der Waals surface area contributed by atoms with E-state index >= 15 is 0 Å². The first-order chi connectivity index (χ1) is 11.1. The van der Waals surface area contributed by atoms with Gasteiger partial charge in [0.2, 0.25) is 5.28 Å². The second kappa shape index (κ2) is 5.24. The normalized spacial score (nSPS) is 14.2. The summed E-state index contributed by atoms with van der Waals surface area (Å²) in [6.07, 6.45) is 5.33. The molecular formula is C14H13ClN6O2. The van der Waals surface area contributed by atoms with Crippen molar-refractivity contribution in [1.29, 1.82) is 0 Å². The topological polar surface area (TPSA) is 89.1 Å². The third-order valence-corrected chi connectivity index (χ3v) is 4.10. The fraction of sp³-hybridized carbons (Fsp3) is 0.286. The maximum Gasteiger partial charge on any atom is 0.323 e. The monoisotopic (exact) mass is 332 g/mol. The van der Waals surface area contributed by atoms with Crippen molar-refractivity contribution in [2.75, 3.05) is 11.4 Å². The van der Waals surface area contributed by atoms with Crippen LogP contribution in [0.3, 0.4) is 0 Å². The van der Waals surface area contributed by atoms with Crippen LogP contribution < -0.4 is 4.90 Å². The first kappa shape index (κ1) is 14.0. The molecule has 1 N–H and O–H groups in total. The number of aromatic nitrogens is 5. The molecule has 0 spiro atoms.